The number of carbonyl (C=O) groups is 2. The second-order valence-electron chi connectivity index (χ2n) is 6.15. The van der Waals surface area contributed by atoms with Crippen molar-refractivity contribution in [2.45, 2.75) is 18.6 Å². The fraction of sp³-hybridized carbons (Fsp3) is 0.200. The van der Waals surface area contributed by atoms with Gasteiger partial charge < -0.3 is 20.1 Å². The average Bonchev–Trinajstić information content (AvgIpc) is 3.09. The molecule has 6 nitrogen and oxygen atoms in total. The highest BCUT2D eigenvalue weighted by Crippen LogP contribution is 2.20. The number of hydrogen-bond donors (Lipinski definition) is 3. The molecular formula is C20H19ClN2O4. The smallest absolute Gasteiger partial charge is 0.331 e. The molecule has 1 heterocycles. The molecule has 3 N–H and O–H groups in total. The molecule has 0 fully saturated rings. The summed E-state index contributed by atoms with van der Waals surface area (Å²) in [7, 11) is 1.21. The second kappa shape index (κ2) is 8.24. The number of aromatic nitrogens is 1. The zero-order valence-electron chi connectivity index (χ0n) is 14.6. The van der Waals surface area contributed by atoms with Crippen LogP contribution in [0.4, 0.5) is 0 Å². The average molecular weight is 387 g/mol. The molecule has 0 radical (unpaired) electrons. The molecule has 1 aromatic heterocycles. The molecule has 0 aliphatic rings. The number of amides is 1. The maximum absolute atomic E-state index is 12.6. The molecule has 3 aromatic rings. The minimum absolute atomic E-state index is 0.198. The summed E-state index contributed by atoms with van der Waals surface area (Å²) in [6.45, 7) is 0. The molecule has 7 heteroatoms. The lowest BCUT2D eigenvalue weighted by Crippen LogP contribution is -2.50. The fourth-order valence-electron chi connectivity index (χ4n) is 2.86. The van der Waals surface area contributed by atoms with Crippen molar-refractivity contribution in [3.63, 3.8) is 0 Å². The van der Waals surface area contributed by atoms with E-state index in [4.69, 9.17) is 16.3 Å². The zero-order chi connectivity index (χ0) is 19.4. The van der Waals surface area contributed by atoms with Crippen molar-refractivity contribution in [1.82, 2.24) is 10.3 Å². The Kier molecular flexibility index (Phi) is 5.78. The van der Waals surface area contributed by atoms with Crippen LogP contribution in [0.3, 0.4) is 0 Å². The molecule has 140 valence electrons. The van der Waals surface area contributed by atoms with Gasteiger partial charge in [-0.05, 0) is 29.8 Å². The first-order chi connectivity index (χ1) is 13.0. The molecule has 0 spiro atoms. The number of esters is 1. The third kappa shape index (κ3) is 4.48. The van der Waals surface area contributed by atoms with Crippen LogP contribution in [0.2, 0.25) is 5.02 Å². The minimum atomic E-state index is -1.20. The molecule has 3 rings (SSSR count). The Morgan fingerprint density at radius 3 is 2.63 bits per heavy atom. The van der Waals surface area contributed by atoms with Crippen LogP contribution < -0.4 is 5.32 Å². The van der Waals surface area contributed by atoms with Gasteiger partial charge in [-0.3, -0.25) is 4.79 Å². The number of aliphatic hydroxyl groups excluding tert-OH is 1. The van der Waals surface area contributed by atoms with Gasteiger partial charge in [0, 0.05) is 22.3 Å². The summed E-state index contributed by atoms with van der Waals surface area (Å²) in [6, 6.07) is 14.8. The molecular weight excluding hydrogens is 368 g/mol. The molecule has 0 saturated carbocycles. The Hall–Kier alpha value is -2.83. The number of rotatable bonds is 6. The number of halogens is 1. The molecule has 0 bridgehead atoms. The number of aromatic amines is 1. The third-order valence-electron chi connectivity index (χ3n) is 4.24. The molecule has 0 aliphatic heterocycles. The van der Waals surface area contributed by atoms with Crippen molar-refractivity contribution in [1.29, 1.82) is 0 Å². The van der Waals surface area contributed by atoms with Gasteiger partial charge in [0.25, 0.3) is 5.91 Å². The first kappa shape index (κ1) is 18.9. The monoisotopic (exact) mass is 386 g/mol. The van der Waals surface area contributed by atoms with Gasteiger partial charge in [0.2, 0.25) is 0 Å². The molecule has 1 amide bonds. The van der Waals surface area contributed by atoms with Crippen molar-refractivity contribution in [2.75, 3.05) is 7.11 Å². The quantitative estimate of drug-likeness (QED) is 0.568. The van der Waals surface area contributed by atoms with E-state index in [9.17, 15) is 14.7 Å². The van der Waals surface area contributed by atoms with Crippen LogP contribution in [0, 0.1) is 0 Å². The summed E-state index contributed by atoms with van der Waals surface area (Å²) in [4.78, 5) is 27.7. The number of benzene rings is 2. The van der Waals surface area contributed by atoms with Crippen molar-refractivity contribution in [3.8, 4) is 0 Å². The van der Waals surface area contributed by atoms with E-state index in [-0.39, 0.29) is 12.1 Å². The summed E-state index contributed by atoms with van der Waals surface area (Å²) in [5, 5.41) is 14.4. The predicted octanol–water partition coefficient (Wildman–Crippen LogP) is 2.70. The normalized spacial score (nSPS) is 13.1. The fourth-order valence-corrected chi connectivity index (χ4v) is 3.04. The van der Waals surface area contributed by atoms with Crippen molar-refractivity contribution >= 4 is 34.4 Å². The largest absolute Gasteiger partial charge is 0.467 e. The van der Waals surface area contributed by atoms with Crippen molar-refractivity contribution in [2.24, 2.45) is 0 Å². The first-order valence-electron chi connectivity index (χ1n) is 8.37. The number of methoxy groups -OCH3 is 1. The summed E-state index contributed by atoms with van der Waals surface area (Å²) in [6.07, 6.45) is -0.939. The molecule has 0 unspecified atom stereocenters. The van der Waals surface area contributed by atoms with Crippen molar-refractivity contribution < 1.29 is 19.4 Å². The predicted molar refractivity (Wildman–Crippen MR) is 103 cm³/mol. The number of nitrogens with one attached hydrogen (secondary N) is 2. The van der Waals surface area contributed by atoms with E-state index < -0.39 is 24.0 Å². The summed E-state index contributed by atoms with van der Waals surface area (Å²) >= 11 is 5.96. The molecule has 2 aromatic carbocycles. The molecule has 0 saturated heterocycles. The van der Waals surface area contributed by atoms with Crippen LogP contribution >= 0.6 is 11.6 Å². The first-order valence-corrected chi connectivity index (χ1v) is 8.74. The van der Waals surface area contributed by atoms with Crippen LogP contribution in [0.1, 0.15) is 16.1 Å². The molecule has 27 heavy (non-hydrogen) atoms. The van der Waals surface area contributed by atoms with Crippen LogP contribution in [0.25, 0.3) is 10.9 Å². The minimum Gasteiger partial charge on any atom is -0.467 e. The van der Waals surface area contributed by atoms with E-state index in [0.717, 1.165) is 16.5 Å². The highest BCUT2D eigenvalue weighted by Gasteiger charge is 2.30. The SMILES string of the molecule is COC(=O)[C@H](NC(=O)c1cc2cc(Cl)ccc2[nH]1)[C@@H](O)Cc1ccccc1. The van der Waals surface area contributed by atoms with Gasteiger partial charge in [0.1, 0.15) is 5.69 Å². The summed E-state index contributed by atoms with van der Waals surface area (Å²) < 4.78 is 4.74. The maximum atomic E-state index is 12.6. The Bertz CT molecular complexity index is 955. The highest BCUT2D eigenvalue weighted by atomic mass is 35.5. The summed E-state index contributed by atoms with van der Waals surface area (Å²) in [5.41, 5.74) is 1.84. The number of fused-ring (bicyclic) bond motifs is 1. The number of aliphatic hydroxyl groups is 1. The molecule has 2 atom stereocenters. The zero-order valence-corrected chi connectivity index (χ0v) is 15.4. The Morgan fingerprint density at radius 1 is 1.19 bits per heavy atom. The van der Waals surface area contributed by atoms with Gasteiger partial charge in [-0.2, -0.15) is 0 Å². The number of H-pyrrole nitrogens is 1. The Balaban J connectivity index is 1.78. The summed E-state index contributed by atoms with van der Waals surface area (Å²) in [5.74, 6) is -1.24. The Labute approximate surface area is 161 Å². The van der Waals surface area contributed by atoms with Crippen LogP contribution in [0.5, 0.6) is 0 Å². The highest BCUT2D eigenvalue weighted by molar-refractivity contribution is 6.31. The van der Waals surface area contributed by atoms with Crippen molar-refractivity contribution in [3.05, 3.63) is 70.9 Å². The van der Waals surface area contributed by atoms with Gasteiger partial charge >= 0.3 is 5.97 Å². The van der Waals surface area contributed by atoms with Gasteiger partial charge in [-0.15, -0.1) is 0 Å². The molecule has 0 aliphatic carbocycles. The Morgan fingerprint density at radius 2 is 1.93 bits per heavy atom. The third-order valence-corrected chi connectivity index (χ3v) is 4.48. The number of hydrogen-bond acceptors (Lipinski definition) is 4. The van der Waals surface area contributed by atoms with Gasteiger partial charge in [-0.25, -0.2) is 4.79 Å². The van der Waals surface area contributed by atoms with E-state index in [1.165, 1.54) is 7.11 Å². The standard InChI is InChI=1S/C20H19ClN2O4/c1-27-20(26)18(17(24)9-12-5-3-2-4-6-12)23-19(25)16-11-13-10-14(21)7-8-15(13)22-16/h2-8,10-11,17-18,22,24H,9H2,1H3,(H,23,25)/t17-,18+/m0/s1. The van der Waals surface area contributed by atoms with Gasteiger partial charge in [-0.1, -0.05) is 41.9 Å². The second-order valence-corrected chi connectivity index (χ2v) is 6.58. The van der Waals surface area contributed by atoms with E-state index >= 15 is 0 Å². The lowest BCUT2D eigenvalue weighted by Gasteiger charge is -2.21. The van der Waals surface area contributed by atoms with E-state index in [1.54, 1.807) is 24.3 Å². The topological polar surface area (TPSA) is 91.4 Å². The lowest BCUT2D eigenvalue weighted by molar-refractivity contribution is -0.145. The lowest BCUT2D eigenvalue weighted by atomic mass is 10.0. The van der Waals surface area contributed by atoms with Crippen LogP contribution in [0.15, 0.2) is 54.6 Å². The van der Waals surface area contributed by atoms with Crippen LogP contribution in [-0.2, 0) is 16.0 Å². The van der Waals surface area contributed by atoms with E-state index in [0.29, 0.717) is 5.02 Å². The number of ether oxygens (including phenoxy) is 1. The van der Waals surface area contributed by atoms with Gasteiger partial charge in [0.05, 0.1) is 13.2 Å². The maximum Gasteiger partial charge on any atom is 0.331 e. The van der Waals surface area contributed by atoms with E-state index in [2.05, 4.69) is 10.3 Å². The van der Waals surface area contributed by atoms with Gasteiger partial charge in [0.15, 0.2) is 6.04 Å². The number of carbonyl (C=O) groups excluding carboxylic acids is 2. The van der Waals surface area contributed by atoms with Crippen LogP contribution in [-0.4, -0.2) is 41.2 Å². The van der Waals surface area contributed by atoms with E-state index in [1.807, 2.05) is 30.3 Å².